The summed E-state index contributed by atoms with van der Waals surface area (Å²) in [7, 11) is 0. The van der Waals surface area contributed by atoms with Gasteiger partial charge in [-0.05, 0) is 80.3 Å². The minimum Gasteiger partial charge on any atom is -0.346 e. The van der Waals surface area contributed by atoms with Gasteiger partial charge in [0.05, 0.1) is 11.9 Å². The van der Waals surface area contributed by atoms with E-state index < -0.39 is 0 Å². The Morgan fingerprint density at radius 1 is 1.05 bits per heavy atom. The van der Waals surface area contributed by atoms with Gasteiger partial charge < -0.3 is 15.6 Å². The maximum Gasteiger partial charge on any atom is 0.273 e. The third-order valence-electron chi connectivity index (χ3n) is 7.38. The summed E-state index contributed by atoms with van der Waals surface area (Å²) in [4.78, 5) is 31.7. The van der Waals surface area contributed by atoms with E-state index >= 15 is 0 Å². The van der Waals surface area contributed by atoms with Crippen molar-refractivity contribution in [3.05, 3.63) is 83.2 Å². The highest BCUT2D eigenvalue weighted by molar-refractivity contribution is 5.97. The Bertz CT molecular complexity index is 1720. The third kappa shape index (κ3) is 6.35. The van der Waals surface area contributed by atoms with Crippen LogP contribution < -0.4 is 10.6 Å². The lowest BCUT2D eigenvalue weighted by molar-refractivity contribution is -0.114. The second-order valence-electron chi connectivity index (χ2n) is 10.9. The van der Waals surface area contributed by atoms with Crippen LogP contribution in [0.1, 0.15) is 71.7 Å². The predicted molar refractivity (Wildman–Crippen MR) is 159 cm³/mol. The van der Waals surface area contributed by atoms with Gasteiger partial charge in [0.15, 0.2) is 11.3 Å². The number of aromatic nitrogens is 7. The van der Waals surface area contributed by atoms with Gasteiger partial charge in [-0.3, -0.25) is 19.3 Å². The van der Waals surface area contributed by atoms with Crippen LogP contribution in [0.2, 0.25) is 0 Å². The molecule has 2 amide bonds. The van der Waals surface area contributed by atoms with Crippen molar-refractivity contribution >= 4 is 28.5 Å². The smallest absolute Gasteiger partial charge is 0.273 e. The van der Waals surface area contributed by atoms with Crippen LogP contribution in [0.5, 0.6) is 0 Å². The average molecular weight is 564 g/mol. The molecule has 4 heterocycles. The van der Waals surface area contributed by atoms with Crippen LogP contribution in [0.15, 0.2) is 54.9 Å². The molecular weight excluding hydrogens is 530 g/mol. The van der Waals surface area contributed by atoms with Crippen molar-refractivity contribution in [3.63, 3.8) is 0 Å². The zero-order chi connectivity index (χ0) is 29.1. The van der Waals surface area contributed by atoms with E-state index in [0.29, 0.717) is 24.7 Å². The number of carbonyl (C=O) groups is 2. The number of hydrogen-bond donors (Lipinski definition) is 3. The molecule has 11 nitrogen and oxygen atoms in total. The van der Waals surface area contributed by atoms with Gasteiger partial charge >= 0.3 is 0 Å². The number of H-pyrrole nitrogens is 1. The summed E-state index contributed by atoms with van der Waals surface area (Å²) in [5, 5.41) is 23.9. The van der Waals surface area contributed by atoms with E-state index in [2.05, 4.69) is 47.2 Å². The fourth-order valence-corrected chi connectivity index (χ4v) is 5.05. The lowest BCUT2D eigenvalue weighted by Crippen LogP contribution is -2.23. The minimum atomic E-state index is -0.261. The van der Waals surface area contributed by atoms with E-state index in [9.17, 15) is 9.59 Å². The summed E-state index contributed by atoms with van der Waals surface area (Å²) >= 11 is 0. The number of fused-ring (bicyclic) bond motifs is 1. The van der Waals surface area contributed by atoms with Crippen LogP contribution in [0.4, 0.5) is 5.69 Å². The Hall–Kier alpha value is -4.93. The number of hydrogen-bond acceptors (Lipinski definition) is 7. The van der Waals surface area contributed by atoms with Gasteiger partial charge in [0.25, 0.3) is 5.91 Å². The van der Waals surface area contributed by atoms with Crippen molar-refractivity contribution in [2.24, 2.45) is 0 Å². The predicted octanol–water partition coefficient (Wildman–Crippen LogP) is 4.71. The molecular formula is C31H33N9O2. The maximum atomic E-state index is 12.5. The van der Waals surface area contributed by atoms with Crippen LogP contribution in [0.25, 0.3) is 22.2 Å². The summed E-state index contributed by atoms with van der Waals surface area (Å²) in [6.07, 6.45) is 8.29. The average Bonchev–Trinajstić information content (AvgIpc) is 3.60. The molecule has 1 aromatic carbocycles. The molecule has 0 saturated heterocycles. The van der Waals surface area contributed by atoms with Gasteiger partial charge in [-0.25, -0.2) is 0 Å². The quantitative estimate of drug-likeness (QED) is 0.198. The van der Waals surface area contributed by atoms with E-state index in [0.717, 1.165) is 58.5 Å². The number of amides is 2. The van der Waals surface area contributed by atoms with Gasteiger partial charge in [0.2, 0.25) is 5.91 Å². The van der Waals surface area contributed by atoms with Gasteiger partial charge in [-0.15, -0.1) is 10.2 Å². The summed E-state index contributed by atoms with van der Waals surface area (Å²) in [6.45, 7) is 4.47. The number of pyridine rings is 1. The van der Waals surface area contributed by atoms with E-state index in [-0.39, 0.29) is 11.8 Å². The normalized spacial score (nSPS) is 12.9. The Morgan fingerprint density at radius 2 is 1.88 bits per heavy atom. The molecule has 214 valence electrons. The van der Waals surface area contributed by atoms with E-state index in [1.165, 1.54) is 31.0 Å². The zero-order valence-electron chi connectivity index (χ0n) is 23.7. The number of aryl methyl sites for hydroxylation is 3. The second-order valence-corrected chi connectivity index (χ2v) is 10.9. The monoisotopic (exact) mass is 563 g/mol. The topological polar surface area (TPSA) is 143 Å². The summed E-state index contributed by atoms with van der Waals surface area (Å²) in [6, 6.07) is 14.0. The highest BCUT2D eigenvalue weighted by Crippen LogP contribution is 2.46. The summed E-state index contributed by atoms with van der Waals surface area (Å²) in [5.41, 5.74) is 8.15. The molecule has 1 saturated carbocycles. The number of carbonyl (C=O) groups excluding carboxylic acids is 2. The lowest BCUT2D eigenvalue weighted by atomic mass is 10.00. The molecule has 1 aliphatic rings. The van der Waals surface area contributed by atoms with E-state index in [1.807, 2.05) is 43.3 Å². The van der Waals surface area contributed by atoms with Crippen molar-refractivity contribution < 1.29 is 9.59 Å². The Kier molecular flexibility index (Phi) is 7.72. The molecule has 1 aliphatic carbocycles. The van der Waals surface area contributed by atoms with Crippen LogP contribution in [0, 0.1) is 6.92 Å². The number of nitrogens with zero attached hydrogens (tertiary/aromatic N) is 6. The van der Waals surface area contributed by atoms with E-state index in [1.54, 1.807) is 17.1 Å². The molecule has 1 fully saturated rings. The van der Waals surface area contributed by atoms with Gasteiger partial charge in [-0.2, -0.15) is 5.10 Å². The third-order valence-corrected chi connectivity index (χ3v) is 7.38. The Balaban J connectivity index is 1.07. The molecule has 5 aromatic rings. The molecule has 0 atom stereocenters. The minimum absolute atomic E-state index is 0.0879. The number of anilines is 1. The van der Waals surface area contributed by atoms with Crippen LogP contribution in [0.3, 0.4) is 0 Å². The lowest BCUT2D eigenvalue weighted by Gasteiger charge is -2.07. The van der Waals surface area contributed by atoms with Gasteiger partial charge in [-0.1, -0.05) is 23.4 Å². The van der Waals surface area contributed by atoms with Gasteiger partial charge in [0, 0.05) is 54.2 Å². The molecule has 3 N–H and O–H groups in total. The maximum absolute atomic E-state index is 12.5. The molecule has 11 heteroatoms. The van der Waals surface area contributed by atoms with Crippen molar-refractivity contribution in [2.45, 2.75) is 65.0 Å². The molecule has 6 rings (SSSR count). The standard InChI is InChI=1S/C31H33N9O2/c1-19-6-7-21(16-32-19)17-33-31(42)27-18-40(39-37-27)14-4-3-5-25-15-26-28(22-10-12-24(13-11-22)34-20(2)41)29(23-8-9-23)35-30(26)38-36-25/h6-7,10-13,15-16,18,23H,3-5,8-9,14,17H2,1-2H3,(H,33,42)(H,34,41)(H,35,38). The first kappa shape index (κ1) is 27.3. The second kappa shape index (κ2) is 11.9. The Labute approximate surface area is 243 Å². The highest BCUT2D eigenvalue weighted by Gasteiger charge is 2.30. The van der Waals surface area contributed by atoms with Crippen molar-refractivity contribution in [1.29, 1.82) is 0 Å². The van der Waals surface area contributed by atoms with Crippen LogP contribution in [-0.4, -0.2) is 47.0 Å². The van der Waals surface area contributed by atoms with E-state index in [4.69, 9.17) is 0 Å². The first-order valence-electron chi connectivity index (χ1n) is 14.3. The molecule has 0 radical (unpaired) electrons. The molecule has 4 aromatic heterocycles. The van der Waals surface area contributed by atoms with Crippen molar-refractivity contribution in [2.75, 3.05) is 5.32 Å². The van der Waals surface area contributed by atoms with Crippen LogP contribution >= 0.6 is 0 Å². The molecule has 0 spiro atoms. The highest BCUT2D eigenvalue weighted by atomic mass is 16.2. The summed E-state index contributed by atoms with van der Waals surface area (Å²) in [5.74, 6) is 0.167. The van der Waals surface area contributed by atoms with Crippen molar-refractivity contribution in [3.8, 4) is 11.1 Å². The first-order chi connectivity index (χ1) is 20.4. The zero-order valence-corrected chi connectivity index (χ0v) is 23.7. The SMILES string of the molecule is CC(=O)Nc1ccc(-c2c(C3CC3)[nH]c3nnc(CCCCn4cc(C(=O)NCc5ccc(C)nc5)nn4)cc23)cc1. The largest absolute Gasteiger partial charge is 0.346 e. The number of aromatic amines is 1. The Morgan fingerprint density at radius 3 is 2.62 bits per heavy atom. The van der Waals surface area contributed by atoms with Crippen LogP contribution in [-0.2, 0) is 24.3 Å². The number of nitrogens with one attached hydrogen (secondary N) is 3. The molecule has 0 aliphatic heterocycles. The number of benzene rings is 1. The van der Waals surface area contributed by atoms with Gasteiger partial charge in [0.1, 0.15) is 0 Å². The number of unbranched alkanes of at least 4 members (excludes halogenated alkanes) is 1. The molecule has 0 bridgehead atoms. The fourth-order valence-electron chi connectivity index (χ4n) is 5.05. The first-order valence-corrected chi connectivity index (χ1v) is 14.3. The molecule has 0 unspecified atom stereocenters. The fraction of sp³-hybridized carbons (Fsp3) is 0.323. The molecule has 42 heavy (non-hydrogen) atoms. The number of rotatable bonds is 11. The van der Waals surface area contributed by atoms with Crippen molar-refractivity contribution in [1.82, 2.24) is 40.5 Å². The summed E-state index contributed by atoms with van der Waals surface area (Å²) < 4.78 is 1.70.